The first-order valence-corrected chi connectivity index (χ1v) is 8.69. The average molecular weight is 304 g/mol. The van der Waals surface area contributed by atoms with Gasteiger partial charge in [0.25, 0.3) is 0 Å². The zero-order valence-electron chi connectivity index (χ0n) is 12.2. The highest BCUT2D eigenvalue weighted by Crippen LogP contribution is 2.36. The highest BCUT2D eigenvalue weighted by atomic mass is 32.2. The summed E-state index contributed by atoms with van der Waals surface area (Å²) in [6.07, 6.45) is 6.36. The molecular weight excluding hydrogens is 284 g/mol. The molecule has 0 saturated heterocycles. The molecule has 1 aliphatic heterocycles. The molecule has 0 atom stereocenters. The third-order valence-electron chi connectivity index (χ3n) is 3.49. The fraction of sp³-hybridized carbons (Fsp3) is 0.438. The van der Waals surface area contributed by atoms with E-state index in [0.29, 0.717) is 13.2 Å². The Morgan fingerprint density at radius 2 is 2.00 bits per heavy atom. The summed E-state index contributed by atoms with van der Waals surface area (Å²) in [6.45, 7) is 2.17. The Morgan fingerprint density at radius 1 is 1.19 bits per heavy atom. The molecule has 0 bridgehead atoms. The Labute approximate surface area is 129 Å². The van der Waals surface area contributed by atoms with Gasteiger partial charge in [-0.05, 0) is 48.4 Å². The summed E-state index contributed by atoms with van der Waals surface area (Å²) in [4.78, 5) is 4.46. The number of aromatic nitrogens is 1. The number of nitrogens with zero attached hydrogens (tertiary/aromatic N) is 1. The number of hydrogen-bond donors (Lipinski definition) is 1. The van der Waals surface area contributed by atoms with Gasteiger partial charge in [-0.1, -0.05) is 0 Å². The molecule has 0 amide bonds. The zero-order valence-corrected chi connectivity index (χ0v) is 13.0. The number of hydrogen-bond acceptors (Lipinski definition) is 5. The topological polar surface area (TPSA) is 43.4 Å². The number of anilines is 1. The molecule has 2 heterocycles. The Hall–Kier alpha value is -1.62. The Bertz CT molecular complexity index is 618. The van der Waals surface area contributed by atoms with Crippen LogP contribution in [0.5, 0.6) is 11.5 Å². The second-order valence-electron chi connectivity index (χ2n) is 5.00. The van der Waals surface area contributed by atoms with Crippen molar-refractivity contribution in [2.45, 2.75) is 12.8 Å². The summed E-state index contributed by atoms with van der Waals surface area (Å²) < 4.78 is 11.3. The molecule has 0 fully saturated rings. The van der Waals surface area contributed by atoms with Crippen molar-refractivity contribution in [1.82, 2.24) is 4.98 Å². The van der Waals surface area contributed by atoms with Crippen LogP contribution in [-0.2, 0) is 0 Å². The minimum Gasteiger partial charge on any atom is -0.486 e. The summed E-state index contributed by atoms with van der Waals surface area (Å²) in [7, 11) is 0. The summed E-state index contributed by atoms with van der Waals surface area (Å²) in [5.74, 6) is 3.77. The molecule has 112 valence electrons. The molecule has 0 saturated carbocycles. The highest BCUT2D eigenvalue weighted by Gasteiger charge is 2.14. The zero-order chi connectivity index (χ0) is 14.5. The first kappa shape index (κ1) is 14.3. The monoisotopic (exact) mass is 304 g/mol. The maximum Gasteiger partial charge on any atom is 0.162 e. The standard InChI is InChI=1S/C16H20N2O2S/c1-21-9-3-2-5-17-16-13-11-15-14(19-7-8-20-15)10-12(13)4-6-18-16/h4,6,10-11H,2-3,5,7-9H2,1H3,(H,17,18). The first-order chi connectivity index (χ1) is 10.4. The summed E-state index contributed by atoms with van der Waals surface area (Å²) in [5.41, 5.74) is 0. The van der Waals surface area contributed by atoms with Crippen LogP contribution < -0.4 is 14.8 Å². The van der Waals surface area contributed by atoms with Crippen LogP contribution in [0.15, 0.2) is 24.4 Å². The number of fused-ring (bicyclic) bond motifs is 2. The second-order valence-corrected chi connectivity index (χ2v) is 5.99. The predicted molar refractivity (Wildman–Crippen MR) is 88.8 cm³/mol. The van der Waals surface area contributed by atoms with E-state index in [2.05, 4.69) is 16.6 Å². The van der Waals surface area contributed by atoms with Crippen molar-refractivity contribution in [3.63, 3.8) is 0 Å². The molecule has 1 aromatic carbocycles. The quantitative estimate of drug-likeness (QED) is 0.827. The van der Waals surface area contributed by atoms with Gasteiger partial charge in [-0.3, -0.25) is 0 Å². The van der Waals surface area contributed by atoms with Gasteiger partial charge in [0.15, 0.2) is 11.5 Å². The van der Waals surface area contributed by atoms with E-state index >= 15 is 0 Å². The fourth-order valence-corrected chi connectivity index (χ4v) is 2.92. The molecule has 0 aliphatic carbocycles. The van der Waals surface area contributed by atoms with Gasteiger partial charge in [-0.2, -0.15) is 11.8 Å². The molecule has 5 heteroatoms. The van der Waals surface area contributed by atoms with Gasteiger partial charge < -0.3 is 14.8 Å². The number of nitrogens with one attached hydrogen (secondary N) is 1. The van der Waals surface area contributed by atoms with E-state index in [-0.39, 0.29) is 0 Å². The lowest BCUT2D eigenvalue weighted by molar-refractivity contribution is 0.172. The molecule has 0 spiro atoms. The van der Waals surface area contributed by atoms with Crippen molar-refractivity contribution >= 4 is 28.4 Å². The lowest BCUT2D eigenvalue weighted by Gasteiger charge is -2.19. The second kappa shape index (κ2) is 6.89. The van der Waals surface area contributed by atoms with Gasteiger partial charge in [0, 0.05) is 18.1 Å². The summed E-state index contributed by atoms with van der Waals surface area (Å²) in [6, 6.07) is 6.07. The number of thioether (sulfide) groups is 1. The fourth-order valence-electron chi connectivity index (χ4n) is 2.43. The third kappa shape index (κ3) is 3.35. The maximum atomic E-state index is 5.66. The Balaban J connectivity index is 1.78. The van der Waals surface area contributed by atoms with E-state index < -0.39 is 0 Å². The van der Waals surface area contributed by atoms with Crippen LogP contribution in [0, 0.1) is 0 Å². The number of pyridine rings is 1. The van der Waals surface area contributed by atoms with Gasteiger partial charge in [-0.25, -0.2) is 4.98 Å². The van der Waals surface area contributed by atoms with Crippen LogP contribution in [0.25, 0.3) is 10.8 Å². The third-order valence-corrected chi connectivity index (χ3v) is 4.19. The van der Waals surface area contributed by atoms with Crippen molar-refractivity contribution in [2.24, 2.45) is 0 Å². The maximum absolute atomic E-state index is 5.66. The number of ether oxygens (including phenoxy) is 2. The largest absolute Gasteiger partial charge is 0.486 e. The van der Waals surface area contributed by atoms with Crippen LogP contribution in [0.1, 0.15) is 12.8 Å². The van der Waals surface area contributed by atoms with Crippen molar-refractivity contribution in [1.29, 1.82) is 0 Å². The SMILES string of the molecule is CSCCCCNc1nccc2cc3c(cc12)OCCO3. The molecule has 1 aliphatic rings. The molecule has 2 aromatic rings. The van der Waals surface area contributed by atoms with Gasteiger partial charge >= 0.3 is 0 Å². The van der Waals surface area contributed by atoms with Crippen LogP contribution in [0.2, 0.25) is 0 Å². The minimum atomic E-state index is 0.607. The molecule has 4 nitrogen and oxygen atoms in total. The van der Waals surface area contributed by atoms with E-state index in [1.165, 1.54) is 12.2 Å². The van der Waals surface area contributed by atoms with Crippen molar-refractivity contribution < 1.29 is 9.47 Å². The van der Waals surface area contributed by atoms with E-state index in [9.17, 15) is 0 Å². The van der Waals surface area contributed by atoms with Crippen molar-refractivity contribution in [3.8, 4) is 11.5 Å². The lowest BCUT2D eigenvalue weighted by Crippen LogP contribution is -2.15. The van der Waals surface area contributed by atoms with Crippen LogP contribution >= 0.6 is 11.8 Å². The van der Waals surface area contributed by atoms with Crippen molar-refractivity contribution in [2.75, 3.05) is 37.1 Å². The molecule has 0 unspecified atom stereocenters. The lowest BCUT2D eigenvalue weighted by atomic mass is 10.1. The van der Waals surface area contributed by atoms with E-state index in [4.69, 9.17) is 9.47 Å². The van der Waals surface area contributed by atoms with Gasteiger partial charge in [0.1, 0.15) is 19.0 Å². The molecule has 3 rings (SSSR count). The molecule has 21 heavy (non-hydrogen) atoms. The van der Waals surface area contributed by atoms with E-state index in [1.807, 2.05) is 36.2 Å². The van der Waals surface area contributed by atoms with Crippen molar-refractivity contribution in [3.05, 3.63) is 24.4 Å². The van der Waals surface area contributed by atoms with E-state index in [1.54, 1.807) is 0 Å². The van der Waals surface area contributed by atoms with Gasteiger partial charge in [0.05, 0.1) is 0 Å². The van der Waals surface area contributed by atoms with Crippen LogP contribution in [0.3, 0.4) is 0 Å². The average Bonchev–Trinajstić information content (AvgIpc) is 2.53. The molecular formula is C16H20N2O2S. The molecule has 1 N–H and O–H groups in total. The Kier molecular flexibility index (Phi) is 4.70. The van der Waals surface area contributed by atoms with Gasteiger partial charge in [0.2, 0.25) is 0 Å². The highest BCUT2D eigenvalue weighted by molar-refractivity contribution is 7.98. The number of benzene rings is 1. The minimum absolute atomic E-state index is 0.607. The van der Waals surface area contributed by atoms with Gasteiger partial charge in [-0.15, -0.1) is 0 Å². The summed E-state index contributed by atoms with van der Waals surface area (Å²) >= 11 is 1.89. The molecule has 0 radical (unpaired) electrons. The molecule has 1 aromatic heterocycles. The van der Waals surface area contributed by atoms with Crippen LogP contribution in [-0.4, -0.2) is 36.8 Å². The number of unbranched alkanes of at least 4 members (excludes halogenated alkanes) is 1. The normalized spacial score (nSPS) is 13.4. The Morgan fingerprint density at radius 3 is 2.81 bits per heavy atom. The van der Waals surface area contributed by atoms with E-state index in [0.717, 1.165) is 41.1 Å². The van der Waals surface area contributed by atoms with Crippen LogP contribution in [0.4, 0.5) is 5.82 Å². The smallest absolute Gasteiger partial charge is 0.162 e. The number of rotatable bonds is 6. The summed E-state index contributed by atoms with van der Waals surface area (Å²) in [5, 5.41) is 5.65. The first-order valence-electron chi connectivity index (χ1n) is 7.29. The predicted octanol–water partition coefficient (Wildman–Crippen LogP) is 3.56.